The van der Waals surface area contributed by atoms with Crippen molar-refractivity contribution in [2.45, 2.75) is 26.7 Å². The van der Waals surface area contributed by atoms with Gasteiger partial charge in [-0.15, -0.1) is 0 Å². The van der Waals surface area contributed by atoms with Gasteiger partial charge < -0.3 is 10.2 Å². The van der Waals surface area contributed by atoms with Gasteiger partial charge in [0.05, 0.1) is 6.54 Å². The van der Waals surface area contributed by atoms with Gasteiger partial charge in [0.2, 0.25) is 5.91 Å². The molecule has 0 bridgehead atoms. The SMILES string of the molecule is CCN(CC(=O)Nc1ccccc1C(C)C)c1ccccc1. The van der Waals surface area contributed by atoms with Crippen molar-refractivity contribution in [1.29, 1.82) is 0 Å². The van der Waals surface area contributed by atoms with Crippen LogP contribution in [0, 0.1) is 0 Å². The van der Waals surface area contributed by atoms with Crippen LogP contribution in [0.15, 0.2) is 54.6 Å². The van der Waals surface area contributed by atoms with Crippen molar-refractivity contribution < 1.29 is 4.79 Å². The predicted molar refractivity (Wildman–Crippen MR) is 93.5 cm³/mol. The third kappa shape index (κ3) is 4.10. The van der Waals surface area contributed by atoms with Crippen molar-refractivity contribution in [3.63, 3.8) is 0 Å². The molecule has 0 fully saturated rings. The standard InChI is InChI=1S/C19H24N2O/c1-4-21(16-10-6-5-7-11-16)14-19(22)20-18-13-9-8-12-17(18)15(2)3/h5-13,15H,4,14H2,1-3H3,(H,20,22). The van der Waals surface area contributed by atoms with E-state index >= 15 is 0 Å². The Bertz CT molecular complexity index is 608. The van der Waals surface area contributed by atoms with Crippen LogP contribution in [0.1, 0.15) is 32.3 Å². The summed E-state index contributed by atoms with van der Waals surface area (Å²) in [5, 5.41) is 3.05. The third-order valence-electron chi connectivity index (χ3n) is 3.69. The third-order valence-corrected chi connectivity index (χ3v) is 3.69. The Morgan fingerprint density at radius 3 is 2.32 bits per heavy atom. The molecule has 0 aliphatic heterocycles. The largest absolute Gasteiger partial charge is 0.362 e. The maximum Gasteiger partial charge on any atom is 0.243 e. The molecular formula is C19H24N2O. The molecular weight excluding hydrogens is 272 g/mol. The summed E-state index contributed by atoms with van der Waals surface area (Å²) in [6.45, 7) is 7.47. The molecule has 0 aliphatic rings. The topological polar surface area (TPSA) is 32.3 Å². The number of anilines is 2. The Morgan fingerprint density at radius 1 is 1.05 bits per heavy atom. The van der Waals surface area contributed by atoms with Gasteiger partial charge in [-0.1, -0.05) is 50.2 Å². The summed E-state index contributed by atoms with van der Waals surface area (Å²) in [4.78, 5) is 14.4. The highest BCUT2D eigenvalue weighted by Crippen LogP contribution is 2.23. The summed E-state index contributed by atoms with van der Waals surface area (Å²) in [6.07, 6.45) is 0. The second-order valence-electron chi connectivity index (χ2n) is 5.64. The van der Waals surface area contributed by atoms with E-state index in [9.17, 15) is 4.79 Å². The average Bonchev–Trinajstić information content (AvgIpc) is 2.53. The van der Waals surface area contributed by atoms with Gasteiger partial charge in [0.15, 0.2) is 0 Å². The van der Waals surface area contributed by atoms with Crippen LogP contribution in [0.4, 0.5) is 11.4 Å². The van der Waals surface area contributed by atoms with Crippen LogP contribution in [-0.4, -0.2) is 19.0 Å². The first-order valence-electron chi connectivity index (χ1n) is 7.80. The molecule has 0 aliphatic carbocycles. The number of likely N-dealkylation sites (N-methyl/N-ethyl adjacent to an activating group) is 1. The van der Waals surface area contributed by atoms with Crippen molar-refractivity contribution in [2.24, 2.45) is 0 Å². The van der Waals surface area contributed by atoms with Crippen LogP contribution in [0.3, 0.4) is 0 Å². The number of nitrogens with one attached hydrogen (secondary N) is 1. The highest BCUT2D eigenvalue weighted by Gasteiger charge is 2.12. The fourth-order valence-corrected chi connectivity index (χ4v) is 2.50. The first kappa shape index (κ1) is 16.1. The zero-order valence-corrected chi connectivity index (χ0v) is 13.5. The lowest BCUT2D eigenvalue weighted by Crippen LogP contribution is -2.33. The molecule has 116 valence electrons. The van der Waals surface area contributed by atoms with Gasteiger partial charge in [-0.3, -0.25) is 4.79 Å². The molecule has 2 aromatic rings. The summed E-state index contributed by atoms with van der Waals surface area (Å²) in [5.41, 5.74) is 3.14. The molecule has 1 N–H and O–H groups in total. The van der Waals surface area contributed by atoms with Crippen LogP contribution >= 0.6 is 0 Å². The van der Waals surface area contributed by atoms with Gasteiger partial charge >= 0.3 is 0 Å². The maximum atomic E-state index is 12.4. The highest BCUT2D eigenvalue weighted by atomic mass is 16.2. The Morgan fingerprint density at radius 2 is 1.68 bits per heavy atom. The van der Waals surface area contributed by atoms with Crippen molar-refractivity contribution >= 4 is 17.3 Å². The Balaban J connectivity index is 2.07. The van der Waals surface area contributed by atoms with Crippen LogP contribution in [0.5, 0.6) is 0 Å². The van der Waals surface area contributed by atoms with Crippen molar-refractivity contribution in [3.8, 4) is 0 Å². The van der Waals surface area contributed by atoms with Gasteiger partial charge in [-0.25, -0.2) is 0 Å². The van der Waals surface area contributed by atoms with Gasteiger partial charge in [0, 0.05) is 17.9 Å². The fourth-order valence-electron chi connectivity index (χ4n) is 2.50. The zero-order chi connectivity index (χ0) is 15.9. The lowest BCUT2D eigenvalue weighted by atomic mass is 10.0. The average molecular weight is 296 g/mol. The first-order valence-corrected chi connectivity index (χ1v) is 7.80. The molecule has 2 aromatic carbocycles. The minimum atomic E-state index is 0.0128. The molecule has 0 radical (unpaired) electrons. The van der Waals surface area contributed by atoms with Crippen LogP contribution < -0.4 is 10.2 Å². The Kier molecular flexibility index (Phi) is 5.59. The monoisotopic (exact) mass is 296 g/mol. The Hall–Kier alpha value is -2.29. The Labute approximate surface area is 133 Å². The summed E-state index contributed by atoms with van der Waals surface area (Å²) >= 11 is 0. The van der Waals surface area contributed by atoms with E-state index in [1.807, 2.05) is 48.5 Å². The minimum Gasteiger partial charge on any atom is -0.362 e. The van der Waals surface area contributed by atoms with Crippen LogP contribution in [-0.2, 0) is 4.79 Å². The van der Waals surface area contributed by atoms with Crippen molar-refractivity contribution in [2.75, 3.05) is 23.3 Å². The lowest BCUT2D eigenvalue weighted by molar-refractivity contribution is -0.115. The number of para-hydroxylation sites is 2. The molecule has 22 heavy (non-hydrogen) atoms. The second-order valence-corrected chi connectivity index (χ2v) is 5.64. The first-order chi connectivity index (χ1) is 10.6. The van der Waals surface area contributed by atoms with Crippen molar-refractivity contribution in [3.05, 3.63) is 60.2 Å². The van der Waals surface area contributed by atoms with Crippen molar-refractivity contribution in [1.82, 2.24) is 0 Å². The van der Waals surface area contributed by atoms with E-state index in [-0.39, 0.29) is 5.91 Å². The molecule has 2 rings (SSSR count). The fraction of sp³-hybridized carbons (Fsp3) is 0.316. The lowest BCUT2D eigenvalue weighted by Gasteiger charge is -2.23. The predicted octanol–water partition coefficient (Wildman–Crippen LogP) is 4.28. The summed E-state index contributed by atoms with van der Waals surface area (Å²) in [5.74, 6) is 0.395. The minimum absolute atomic E-state index is 0.0128. The number of carbonyl (C=O) groups is 1. The van der Waals surface area contributed by atoms with E-state index in [1.165, 1.54) is 5.56 Å². The summed E-state index contributed by atoms with van der Waals surface area (Å²) < 4.78 is 0. The summed E-state index contributed by atoms with van der Waals surface area (Å²) in [6, 6.07) is 18.0. The van der Waals surface area contributed by atoms with Crippen LogP contribution in [0.2, 0.25) is 0 Å². The number of rotatable bonds is 6. The van der Waals surface area contributed by atoms with E-state index in [1.54, 1.807) is 0 Å². The van der Waals surface area contributed by atoms with Gasteiger partial charge in [0.25, 0.3) is 0 Å². The number of amides is 1. The van der Waals surface area contributed by atoms with E-state index in [0.717, 1.165) is 17.9 Å². The normalized spacial score (nSPS) is 10.5. The number of hydrogen-bond acceptors (Lipinski definition) is 2. The van der Waals surface area contributed by atoms with E-state index < -0.39 is 0 Å². The molecule has 0 saturated heterocycles. The van der Waals surface area contributed by atoms with Gasteiger partial charge in [0.1, 0.15) is 0 Å². The van der Waals surface area contributed by atoms with Gasteiger partial charge in [-0.2, -0.15) is 0 Å². The smallest absolute Gasteiger partial charge is 0.243 e. The highest BCUT2D eigenvalue weighted by molar-refractivity contribution is 5.94. The van der Waals surface area contributed by atoms with Crippen LogP contribution in [0.25, 0.3) is 0 Å². The molecule has 0 aromatic heterocycles. The number of carbonyl (C=O) groups excluding carboxylic acids is 1. The number of benzene rings is 2. The zero-order valence-electron chi connectivity index (χ0n) is 13.5. The molecule has 3 nitrogen and oxygen atoms in total. The molecule has 0 spiro atoms. The molecule has 0 saturated carbocycles. The second kappa shape index (κ2) is 7.64. The van der Waals surface area contributed by atoms with E-state index in [4.69, 9.17) is 0 Å². The molecule has 1 amide bonds. The number of nitrogens with zero attached hydrogens (tertiary/aromatic N) is 1. The summed E-state index contributed by atoms with van der Waals surface area (Å²) in [7, 11) is 0. The quantitative estimate of drug-likeness (QED) is 0.863. The molecule has 0 heterocycles. The molecule has 0 atom stereocenters. The molecule has 3 heteroatoms. The number of hydrogen-bond donors (Lipinski definition) is 1. The van der Waals surface area contributed by atoms with E-state index in [2.05, 4.69) is 37.1 Å². The maximum absolute atomic E-state index is 12.4. The van der Waals surface area contributed by atoms with E-state index in [0.29, 0.717) is 12.5 Å². The van der Waals surface area contributed by atoms with Gasteiger partial charge in [-0.05, 0) is 36.6 Å². The molecule has 0 unspecified atom stereocenters.